The number of likely N-dealkylation sites (tertiary alicyclic amines) is 1. The van der Waals surface area contributed by atoms with Crippen molar-refractivity contribution in [1.29, 1.82) is 0 Å². The van der Waals surface area contributed by atoms with Crippen molar-refractivity contribution in [3.8, 4) is 11.5 Å². The summed E-state index contributed by atoms with van der Waals surface area (Å²) in [7, 11) is 2.08. The summed E-state index contributed by atoms with van der Waals surface area (Å²) in [4.78, 5) is 15.3. The number of phenols is 1. The second kappa shape index (κ2) is 6.59. The number of rotatable bonds is 2. The van der Waals surface area contributed by atoms with E-state index < -0.39 is 17.1 Å². The summed E-state index contributed by atoms with van der Waals surface area (Å²) in [5.41, 5.74) is 1.17. The fraction of sp³-hybridized carbons (Fsp3) is 0.458. The molecule has 2 aromatic rings. The number of piperidine rings is 1. The summed E-state index contributed by atoms with van der Waals surface area (Å²) in [6.45, 7) is 0.846. The van der Waals surface area contributed by atoms with Gasteiger partial charge < -0.3 is 25.2 Å². The molecule has 7 heteroatoms. The van der Waals surface area contributed by atoms with Gasteiger partial charge in [0.1, 0.15) is 6.10 Å². The molecule has 2 aromatic carbocycles. The Balaban J connectivity index is 1.44. The molecule has 0 aromatic heterocycles. The molecule has 162 valence electrons. The van der Waals surface area contributed by atoms with E-state index >= 15 is 0 Å². The number of hydrogen-bond donors (Lipinski definition) is 3. The van der Waals surface area contributed by atoms with Crippen LogP contribution in [0, 0.1) is 3.57 Å². The number of aromatic hydroxyl groups is 1. The molecule has 2 heterocycles. The van der Waals surface area contributed by atoms with Gasteiger partial charge in [0, 0.05) is 20.7 Å². The first-order valence-corrected chi connectivity index (χ1v) is 11.9. The van der Waals surface area contributed by atoms with Crippen molar-refractivity contribution < 1.29 is 19.7 Å². The number of benzene rings is 2. The van der Waals surface area contributed by atoms with Crippen LogP contribution in [-0.4, -0.2) is 58.4 Å². The van der Waals surface area contributed by atoms with Crippen LogP contribution in [0.4, 0.5) is 0 Å². The zero-order valence-electron chi connectivity index (χ0n) is 17.3. The van der Waals surface area contributed by atoms with Crippen LogP contribution in [0.5, 0.6) is 11.5 Å². The highest BCUT2D eigenvalue weighted by Crippen LogP contribution is 2.65. The van der Waals surface area contributed by atoms with Crippen LogP contribution in [0.3, 0.4) is 0 Å². The normalized spacial score (nSPS) is 35.3. The lowest BCUT2D eigenvalue weighted by Gasteiger charge is -2.63. The highest BCUT2D eigenvalue weighted by atomic mass is 127. The van der Waals surface area contributed by atoms with Gasteiger partial charge in [0.25, 0.3) is 5.91 Å². The Bertz CT molecular complexity index is 1110. The summed E-state index contributed by atoms with van der Waals surface area (Å²) in [6.07, 6.45) is 2.30. The number of halogens is 1. The molecule has 5 atom stereocenters. The average molecular weight is 532 g/mol. The van der Waals surface area contributed by atoms with Gasteiger partial charge in [-0.2, -0.15) is 0 Å². The van der Waals surface area contributed by atoms with E-state index in [-0.39, 0.29) is 23.7 Å². The molecule has 1 spiro atoms. The van der Waals surface area contributed by atoms with Crippen LogP contribution in [0.2, 0.25) is 0 Å². The molecule has 2 bridgehead atoms. The third-order valence-electron chi connectivity index (χ3n) is 8.13. The van der Waals surface area contributed by atoms with E-state index in [1.54, 1.807) is 6.07 Å². The Morgan fingerprint density at radius 2 is 2.13 bits per heavy atom. The van der Waals surface area contributed by atoms with Crippen molar-refractivity contribution >= 4 is 28.5 Å². The molecule has 31 heavy (non-hydrogen) atoms. The highest BCUT2D eigenvalue weighted by Gasteiger charge is 2.72. The van der Waals surface area contributed by atoms with Crippen molar-refractivity contribution in [3.63, 3.8) is 0 Å². The molecule has 6 nitrogen and oxygen atoms in total. The molecular weight excluding hydrogens is 507 g/mol. The van der Waals surface area contributed by atoms with E-state index in [2.05, 4.69) is 39.9 Å². The van der Waals surface area contributed by atoms with Crippen LogP contribution < -0.4 is 10.1 Å². The predicted octanol–water partition coefficient (Wildman–Crippen LogP) is 2.58. The lowest BCUT2D eigenvalue weighted by atomic mass is 9.48. The van der Waals surface area contributed by atoms with E-state index in [4.69, 9.17) is 4.74 Å². The molecular formula is C24H25IN2O4. The third kappa shape index (κ3) is 2.48. The maximum Gasteiger partial charge on any atom is 0.251 e. The van der Waals surface area contributed by atoms with Gasteiger partial charge in [-0.25, -0.2) is 0 Å². The quantitative estimate of drug-likeness (QED) is 0.519. The van der Waals surface area contributed by atoms with E-state index in [1.165, 1.54) is 0 Å². The van der Waals surface area contributed by atoms with Crippen molar-refractivity contribution in [2.75, 3.05) is 13.6 Å². The van der Waals surface area contributed by atoms with Gasteiger partial charge in [0.05, 0.1) is 17.1 Å². The maximum atomic E-state index is 13.1. The highest BCUT2D eigenvalue weighted by molar-refractivity contribution is 14.1. The number of nitrogens with zero attached hydrogens (tertiary/aromatic N) is 1. The van der Waals surface area contributed by atoms with Crippen LogP contribution in [-0.2, 0) is 11.8 Å². The Morgan fingerprint density at radius 1 is 1.29 bits per heavy atom. The molecule has 6 rings (SSSR count). The zero-order valence-corrected chi connectivity index (χ0v) is 19.4. The average Bonchev–Trinajstić information content (AvgIpc) is 3.10. The number of aliphatic hydroxyl groups is 1. The van der Waals surface area contributed by atoms with Gasteiger partial charge in [-0.3, -0.25) is 4.79 Å². The topological polar surface area (TPSA) is 82.0 Å². The Morgan fingerprint density at radius 3 is 2.94 bits per heavy atom. The minimum atomic E-state index is -0.944. The Labute approximate surface area is 194 Å². The number of amides is 1. The first-order chi connectivity index (χ1) is 14.8. The van der Waals surface area contributed by atoms with Crippen molar-refractivity contribution in [2.24, 2.45) is 0 Å². The molecule has 3 N–H and O–H groups in total. The fourth-order valence-corrected chi connectivity index (χ4v) is 7.33. The van der Waals surface area contributed by atoms with E-state index in [0.717, 1.165) is 34.1 Å². The Hall–Kier alpha value is -1.84. The van der Waals surface area contributed by atoms with Crippen LogP contribution in [0.25, 0.3) is 0 Å². The van der Waals surface area contributed by atoms with Gasteiger partial charge in [-0.05, 0) is 91.7 Å². The molecule has 0 radical (unpaired) electrons. The van der Waals surface area contributed by atoms with E-state index in [0.29, 0.717) is 24.2 Å². The standard InChI is InChI=1S/C24H25IN2O4/c1-27-10-9-23-19-13-5-6-17(28)20(19)31-21(23)16(7-8-24(23,30)18(27)12-13)26-22(29)14-3-2-4-15(25)11-14/h2-6,11,16,18,21,28,30H,7-10,12H2,1H3,(H,26,29)/t16?,18-,21?,23+,24-/m1/s1. The van der Waals surface area contributed by atoms with Crippen molar-refractivity contribution in [3.05, 3.63) is 56.7 Å². The predicted molar refractivity (Wildman–Crippen MR) is 124 cm³/mol. The van der Waals surface area contributed by atoms with Crippen LogP contribution in [0.1, 0.15) is 40.7 Å². The summed E-state index contributed by atoms with van der Waals surface area (Å²) < 4.78 is 7.44. The van der Waals surface area contributed by atoms with Gasteiger partial charge in [-0.1, -0.05) is 12.1 Å². The van der Waals surface area contributed by atoms with E-state index in [1.807, 2.05) is 30.3 Å². The van der Waals surface area contributed by atoms with Gasteiger partial charge >= 0.3 is 0 Å². The minimum Gasteiger partial charge on any atom is -0.504 e. The van der Waals surface area contributed by atoms with Crippen molar-refractivity contribution in [2.45, 2.75) is 54.9 Å². The first kappa shape index (κ1) is 19.8. The van der Waals surface area contributed by atoms with Gasteiger partial charge in [0.2, 0.25) is 0 Å². The van der Waals surface area contributed by atoms with E-state index in [9.17, 15) is 15.0 Å². The number of nitrogens with one attached hydrogen (secondary N) is 1. The van der Waals surface area contributed by atoms with Crippen LogP contribution >= 0.6 is 22.6 Å². The SMILES string of the molecule is CN1CC[C@]23c4c5ccc(O)c4OC2C(NC(=O)c2cccc(I)c2)CC[C@@]3(O)[C@H]1C5. The third-order valence-corrected chi connectivity index (χ3v) is 8.80. The molecule has 1 saturated carbocycles. The second-order valence-electron chi connectivity index (χ2n) is 9.46. The number of phenolic OH excluding ortho intramolecular Hbond substituents is 1. The number of likely N-dealkylation sites (N-methyl/N-ethyl adjacent to an activating group) is 1. The molecule has 2 aliphatic heterocycles. The van der Waals surface area contributed by atoms with Gasteiger partial charge in [-0.15, -0.1) is 0 Å². The molecule has 4 aliphatic rings. The summed E-state index contributed by atoms with van der Waals surface area (Å²) in [5, 5.41) is 26.0. The second-order valence-corrected chi connectivity index (χ2v) is 10.7. The monoisotopic (exact) mass is 532 g/mol. The number of carbonyl (C=O) groups excluding carboxylic acids is 1. The lowest BCUT2D eigenvalue weighted by Crippen LogP contribution is -2.77. The summed E-state index contributed by atoms with van der Waals surface area (Å²) in [5.74, 6) is 0.485. The van der Waals surface area contributed by atoms with Crippen LogP contribution in [0.15, 0.2) is 36.4 Å². The minimum absolute atomic E-state index is 0.00250. The first-order valence-electron chi connectivity index (χ1n) is 10.9. The summed E-state index contributed by atoms with van der Waals surface area (Å²) in [6, 6.07) is 10.9. The summed E-state index contributed by atoms with van der Waals surface area (Å²) >= 11 is 2.20. The molecule has 2 fully saturated rings. The largest absolute Gasteiger partial charge is 0.504 e. The molecule has 2 aliphatic carbocycles. The maximum absolute atomic E-state index is 13.1. The lowest BCUT2D eigenvalue weighted by molar-refractivity contribution is -0.186. The fourth-order valence-electron chi connectivity index (χ4n) is 6.78. The molecule has 1 saturated heterocycles. The Kier molecular flexibility index (Phi) is 4.21. The zero-order chi connectivity index (χ0) is 21.5. The van der Waals surface area contributed by atoms with Gasteiger partial charge in [0.15, 0.2) is 11.5 Å². The number of ether oxygens (including phenoxy) is 1. The van der Waals surface area contributed by atoms with Crippen molar-refractivity contribution in [1.82, 2.24) is 10.2 Å². The molecule has 2 unspecified atom stereocenters. The number of hydrogen-bond acceptors (Lipinski definition) is 5. The molecule has 1 amide bonds. The smallest absolute Gasteiger partial charge is 0.251 e. The number of carbonyl (C=O) groups is 1.